The molecule has 130 valence electrons. The molecule has 26 heavy (non-hydrogen) atoms. The predicted molar refractivity (Wildman–Crippen MR) is 99.2 cm³/mol. The number of benzene rings is 1. The van der Waals surface area contributed by atoms with Crippen LogP contribution in [0.1, 0.15) is 28.5 Å². The molecule has 6 nitrogen and oxygen atoms in total. The van der Waals surface area contributed by atoms with Crippen LogP contribution in [0.2, 0.25) is 0 Å². The van der Waals surface area contributed by atoms with E-state index in [1.807, 2.05) is 24.3 Å². The number of para-hydroxylation sites is 1. The minimum Gasteiger partial charge on any atom is -0.347 e. The predicted octanol–water partition coefficient (Wildman–Crippen LogP) is 2.88. The van der Waals surface area contributed by atoms with E-state index in [9.17, 15) is 4.79 Å². The first kappa shape index (κ1) is 16.2. The Morgan fingerprint density at radius 2 is 2.12 bits per heavy atom. The van der Waals surface area contributed by atoms with Crippen LogP contribution in [0.25, 0.3) is 0 Å². The first-order valence-electron chi connectivity index (χ1n) is 8.58. The molecule has 1 amide bonds. The van der Waals surface area contributed by atoms with Crippen LogP contribution in [0.15, 0.2) is 61.2 Å². The Hall–Kier alpha value is -3.28. The molecule has 0 radical (unpaired) electrons. The van der Waals surface area contributed by atoms with Gasteiger partial charge < -0.3 is 10.2 Å². The van der Waals surface area contributed by atoms with Gasteiger partial charge in [0.05, 0.1) is 0 Å². The highest BCUT2D eigenvalue weighted by atomic mass is 16.1. The third kappa shape index (κ3) is 3.13. The lowest BCUT2D eigenvalue weighted by molar-refractivity contribution is 0.0945. The number of nitrogens with one attached hydrogen (secondary N) is 1. The van der Waals surface area contributed by atoms with Gasteiger partial charge in [-0.1, -0.05) is 24.3 Å². The zero-order valence-corrected chi connectivity index (χ0v) is 14.5. The van der Waals surface area contributed by atoms with E-state index in [0.29, 0.717) is 12.2 Å². The molecule has 6 heteroatoms. The molecule has 0 bridgehead atoms. The summed E-state index contributed by atoms with van der Waals surface area (Å²) in [6, 6.07) is 14.1. The highest BCUT2D eigenvalue weighted by Crippen LogP contribution is 2.36. The number of nitrogens with zero attached hydrogens (tertiary/aromatic N) is 4. The lowest BCUT2D eigenvalue weighted by atomic mass is 10.1. The first-order valence-corrected chi connectivity index (χ1v) is 8.58. The van der Waals surface area contributed by atoms with Gasteiger partial charge in [-0.3, -0.25) is 9.78 Å². The SMILES string of the molecule is CC1Cc2ccccc2N1c1cc(C(=O)NCc2cccnc2)ncn1. The molecule has 0 fully saturated rings. The maximum Gasteiger partial charge on any atom is 0.270 e. The molecule has 3 heterocycles. The van der Waals surface area contributed by atoms with Crippen LogP contribution < -0.4 is 10.2 Å². The van der Waals surface area contributed by atoms with Crippen molar-refractivity contribution >= 4 is 17.4 Å². The minimum absolute atomic E-state index is 0.224. The summed E-state index contributed by atoms with van der Waals surface area (Å²) in [6.45, 7) is 2.57. The Labute approximate surface area is 151 Å². The number of hydrogen-bond donors (Lipinski definition) is 1. The molecule has 1 atom stereocenters. The normalized spacial score (nSPS) is 15.6. The molecule has 2 aromatic heterocycles. The third-order valence-corrected chi connectivity index (χ3v) is 4.52. The molecule has 0 saturated carbocycles. The second kappa shape index (κ2) is 6.92. The zero-order valence-electron chi connectivity index (χ0n) is 14.5. The van der Waals surface area contributed by atoms with Crippen molar-refractivity contribution in [2.45, 2.75) is 25.9 Å². The summed E-state index contributed by atoms with van der Waals surface area (Å²) in [7, 11) is 0. The molecule has 1 N–H and O–H groups in total. The average Bonchev–Trinajstić information content (AvgIpc) is 3.02. The van der Waals surface area contributed by atoms with Crippen molar-refractivity contribution in [3.05, 3.63) is 78.0 Å². The minimum atomic E-state index is -0.224. The van der Waals surface area contributed by atoms with Crippen LogP contribution in [0.4, 0.5) is 11.5 Å². The van der Waals surface area contributed by atoms with Gasteiger partial charge in [0.2, 0.25) is 0 Å². The van der Waals surface area contributed by atoms with Gasteiger partial charge in [-0.05, 0) is 36.6 Å². The second-order valence-corrected chi connectivity index (χ2v) is 6.36. The van der Waals surface area contributed by atoms with E-state index >= 15 is 0 Å². The maximum atomic E-state index is 12.5. The van der Waals surface area contributed by atoms with Gasteiger partial charge in [0.1, 0.15) is 17.8 Å². The van der Waals surface area contributed by atoms with Crippen molar-refractivity contribution in [1.82, 2.24) is 20.3 Å². The van der Waals surface area contributed by atoms with E-state index < -0.39 is 0 Å². The summed E-state index contributed by atoms with van der Waals surface area (Å²) in [5.41, 5.74) is 3.73. The van der Waals surface area contributed by atoms with Crippen LogP contribution in [-0.2, 0) is 13.0 Å². The van der Waals surface area contributed by atoms with E-state index in [4.69, 9.17) is 0 Å². The highest BCUT2D eigenvalue weighted by Gasteiger charge is 2.28. The fourth-order valence-electron chi connectivity index (χ4n) is 3.29. The van der Waals surface area contributed by atoms with Gasteiger partial charge in [-0.2, -0.15) is 0 Å². The summed E-state index contributed by atoms with van der Waals surface area (Å²) in [5.74, 6) is 0.515. The van der Waals surface area contributed by atoms with Crippen LogP contribution in [0.3, 0.4) is 0 Å². The molecule has 4 rings (SSSR count). The quantitative estimate of drug-likeness (QED) is 0.787. The molecular weight excluding hydrogens is 326 g/mol. The van der Waals surface area contributed by atoms with Gasteiger partial charge in [0, 0.05) is 36.7 Å². The molecule has 1 unspecified atom stereocenters. The Morgan fingerprint density at radius 1 is 1.23 bits per heavy atom. The largest absolute Gasteiger partial charge is 0.347 e. The van der Waals surface area contributed by atoms with E-state index in [-0.39, 0.29) is 11.9 Å². The van der Waals surface area contributed by atoms with Gasteiger partial charge >= 0.3 is 0 Å². The molecule has 0 saturated heterocycles. The van der Waals surface area contributed by atoms with Crippen molar-refractivity contribution in [2.75, 3.05) is 4.90 Å². The Bertz CT molecular complexity index is 928. The number of fused-ring (bicyclic) bond motifs is 1. The van der Waals surface area contributed by atoms with Crippen molar-refractivity contribution in [1.29, 1.82) is 0 Å². The molecule has 3 aromatic rings. The Balaban J connectivity index is 1.54. The number of rotatable bonds is 4. The number of aromatic nitrogens is 3. The van der Waals surface area contributed by atoms with Crippen molar-refractivity contribution in [2.24, 2.45) is 0 Å². The second-order valence-electron chi connectivity index (χ2n) is 6.36. The molecule has 0 spiro atoms. The van der Waals surface area contributed by atoms with Crippen LogP contribution >= 0.6 is 0 Å². The van der Waals surface area contributed by atoms with Crippen LogP contribution in [0, 0.1) is 0 Å². The number of carbonyl (C=O) groups is 1. The Morgan fingerprint density at radius 3 is 2.96 bits per heavy atom. The summed E-state index contributed by atoms with van der Waals surface area (Å²) in [4.78, 5) is 27.2. The van der Waals surface area contributed by atoms with E-state index in [1.54, 1.807) is 18.5 Å². The summed E-state index contributed by atoms with van der Waals surface area (Å²) in [6.07, 6.45) is 5.84. The van der Waals surface area contributed by atoms with E-state index in [1.165, 1.54) is 11.9 Å². The fourth-order valence-corrected chi connectivity index (χ4v) is 3.29. The summed E-state index contributed by atoms with van der Waals surface area (Å²) in [5, 5.41) is 2.88. The number of amides is 1. The maximum absolute atomic E-state index is 12.5. The molecule has 1 aromatic carbocycles. The number of anilines is 2. The summed E-state index contributed by atoms with van der Waals surface area (Å²) < 4.78 is 0. The van der Waals surface area contributed by atoms with Crippen LogP contribution in [-0.4, -0.2) is 26.9 Å². The average molecular weight is 345 g/mol. The lowest BCUT2D eigenvalue weighted by Gasteiger charge is -2.23. The van der Waals surface area contributed by atoms with E-state index in [2.05, 4.69) is 44.2 Å². The summed E-state index contributed by atoms with van der Waals surface area (Å²) >= 11 is 0. The highest BCUT2D eigenvalue weighted by molar-refractivity contribution is 5.93. The van der Waals surface area contributed by atoms with Crippen LogP contribution in [0.5, 0.6) is 0 Å². The van der Waals surface area contributed by atoms with Gasteiger partial charge in [0.25, 0.3) is 5.91 Å². The topological polar surface area (TPSA) is 71.0 Å². The fraction of sp³-hybridized carbons (Fsp3) is 0.200. The molecular formula is C20H19N5O. The molecule has 0 aliphatic carbocycles. The molecule has 1 aliphatic heterocycles. The zero-order chi connectivity index (χ0) is 17.9. The van der Waals surface area contributed by atoms with Gasteiger partial charge in [-0.25, -0.2) is 9.97 Å². The molecule has 1 aliphatic rings. The standard InChI is InChI=1S/C20H19N5O/c1-14-9-16-6-2-3-7-18(16)25(14)19-10-17(23-13-24-19)20(26)22-12-15-5-4-8-21-11-15/h2-8,10-11,13-14H,9,12H2,1H3,(H,22,26). The van der Waals surface area contributed by atoms with Gasteiger partial charge in [-0.15, -0.1) is 0 Å². The smallest absolute Gasteiger partial charge is 0.270 e. The number of pyridine rings is 1. The van der Waals surface area contributed by atoms with Crippen molar-refractivity contribution in [3.8, 4) is 0 Å². The number of hydrogen-bond acceptors (Lipinski definition) is 5. The van der Waals surface area contributed by atoms with E-state index in [0.717, 1.165) is 23.5 Å². The van der Waals surface area contributed by atoms with Gasteiger partial charge in [0.15, 0.2) is 0 Å². The Kier molecular flexibility index (Phi) is 4.31. The number of carbonyl (C=O) groups excluding carboxylic acids is 1. The monoisotopic (exact) mass is 345 g/mol. The van der Waals surface area contributed by atoms with Crippen molar-refractivity contribution < 1.29 is 4.79 Å². The third-order valence-electron chi connectivity index (χ3n) is 4.52. The lowest BCUT2D eigenvalue weighted by Crippen LogP contribution is -2.27. The first-order chi connectivity index (χ1) is 12.7. The van der Waals surface area contributed by atoms with Crippen molar-refractivity contribution in [3.63, 3.8) is 0 Å².